The molecule has 1 aliphatic carbocycles. The van der Waals surface area contributed by atoms with Crippen molar-refractivity contribution in [1.29, 1.82) is 5.41 Å². The summed E-state index contributed by atoms with van der Waals surface area (Å²) in [6.45, 7) is 2.92. The number of piperidine rings is 1. The lowest BCUT2D eigenvalue weighted by molar-refractivity contribution is 0.0453. The van der Waals surface area contributed by atoms with Gasteiger partial charge in [0.1, 0.15) is 0 Å². The van der Waals surface area contributed by atoms with Crippen molar-refractivity contribution in [2.75, 3.05) is 44.9 Å². The molecule has 3 rings (SSSR count). The van der Waals surface area contributed by atoms with Crippen LogP contribution in [0.1, 0.15) is 49.3 Å². The average Bonchev–Trinajstić information content (AvgIpc) is 2.74. The fourth-order valence-corrected chi connectivity index (χ4v) is 5.44. The van der Waals surface area contributed by atoms with Crippen LogP contribution >= 0.6 is 0 Å². The molecule has 8 nitrogen and oxygen atoms in total. The highest BCUT2D eigenvalue weighted by molar-refractivity contribution is 7.88. The van der Waals surface area contributed by atoms with Crippen molar-refractivity contribution in [3.63, 3.8) is 0 Å². The number of rotatable bonds is 9. The Labute approximate surface area is 180 Å². The summed E-state index contributed by atoms with van der Waals surface area (Å²) < 4.78 is 32.0. The number of aromatic nitrogens is 1. The van der Waals surface area contributed by atoms with Crippen LogP contribution in [0.15, 0.2) is 12.3 Å². The number of sulfonamides is 1. The van der Waals surface area contributed by atoms with Crippen molar-refractivity contribution in [3.05, 3.63) is 23.5 Å². The number of ether oxygens (including phenoxy) is 1. The van der Waals surface area contributed by atoms with E-state index in [-0.39, 0.29) is 12.0 Å². The normalized spacial score (nSPS) is 27.5. The van der Waals surface area contributed by atoms with Gasteiger partial charge in [0, 0.05) is 55.5 Å². The van der Waals surface area contributed by atoms with Gasteiger partial charge in [-0.2, -0.15) is 0 Å². The van der Waals surface area contributed by atoms with Gasteiger partial charge in [0.15, 0.2) is 0 Å². The van der Waals surface area contributed by atoms with Crippen LogP contribution in [0.5, 0.6) is 0 Å². The summed E-state index contributed by atoms with van der Waals surface area (Å²) in [4.78, 5) is 4.61. The molecular weight excluding hydrogens is 402 g/mol. The topological polar surface area (TPSA) is 116 Å². The zero-order valence-corrected chi connectivity index (χ0v) is 18.8. The molecule has 2 atom stereocenters. The molecule has 0 spiro atoms. The minimum Gasteiger partial charge on any atom is -0.386 e. The van der Waals surface area contributed by atoms with E-state index >= 15 is 0 Å². The van der Waals surface area contributed by atoms with Crippen LogP contribution in [0.3, 0.4) is 0 Å². The van der Waals surface area contributed by atoms with E-state index in [1.165, 1.54) is 12.5 Å². The Morgan fingerprint density at radius 2 is 2.03 bits per heavy atom. The third-order valence-electron chi connectivity index (χ3n) is 6.31. The summed E-state index contributed by atoms with van der Waals surface area (Å²) in [6.07, 6.45) is 9.59. The molecule has 30 heavy (non-hydrogen) atoms. The molecule has 1 aliphatic heterocycles. The Hall–Kier alpha value is -1.55. The minimum absolute atomic E-state index is 0.0494. The molecule has 0 bridgehead atoms. The van der Waals surface area contributed by atoms with E-state index in [4.69, 9.17) is 10.1 Å². The molecule has 9 heteroatoms. The fraction of sp³-hybridized carbons (Fsp3) is 0.714. The molecule has 2 heterocycles. The fourth-order valence-electron chi connectivity index (χ4n) is 4.58. The predicted octanol–water partition coefficient (Wildman–Crippen LogP) is 1.94. The van der Waals surface area contributed by atoms with Crippen LogP contribution in [0.4, 0.5) is 5.69 Å². The number of hydrogen-bond acceptors (Lipinski definition) is 7. The van der Waals surface area contributed by atoms with Gasteiger partial charge in [0.05, 0.1) is 24.7 Å². The van der Waals surface area contributed by atoms with E-state index in [0.717, 1.165) is 68.7 Å². The zero-order valence-electron chi connectivity index (χ0n) is 18.0. The van der Waals surface area contributed by atoms with Crippen LogP contribution in [-0.4, -0.2) is 65.3 Å². The van der Waals surface area contributed by atoms with Crippen molar-refractivity contribution in [2.45, 2.75) is 44.1 Å². The first-order valence-corrected chi connectivity index (χ1v) is 12.7. The summed E-state index contributed by atoms with van der Waals surface area (Å²) >= 11 is 0. The van der Waals surface area contributed by atoms with E-state index in [1.54, 1.807) is 0 Å². The molecule has 2 aliphatic rings. The quantitative estimate of drug-likeness (QED) is 0.439. The molecule has 0 radical (unpaired) electrons. The second kappa shape index (κ2) is 10.7. The Morgan fingerprint density at radius 1 is 1.27 bits per heavy atom. The SMILES string of the molecule is CNc1cnc(C2CCC(COC[C@@H]3CNCC[C@@H]3NS(C)(=O)=O)CC2)cc1C=N. The van der Waals surface area contributed by atoms with Gasteiger partial charge in [0.25, 0.3) is 0 Å². The van der Waals surface area contributed by atoms with Crippen molar-refractivity contribution >= 4 is 21.9 Å². The highest BCUT2D eigenvalue weighted by atomic mass is 32.2. The van der Waals surface area contributed by atoms with Crippen molar-refractivity contribution in [1.82, 2.24) is 15.0 Å². The van der Waals surface area contributed by atoms with E-state index in [1.807, 2.05) is 19.3 Å². The first-order chi connectivity index (χ1) is 14.4. The number of anilines is 1. The highest BCUT2D eigenvalue weighted by Crippen LogP contribution is 2.36. The molecule has 2 fully saturated rings. The van der Waals surface area contributed by atoms with Gasteiger partial charge in [-0.15, -0.1) is 0 Å². The van der Waals surface area contributed by atoms with Gasteiger partial charge in [-0.25, -0.2) is 13.1 Å². The van der Waals surface area contributed by atoms with Crippen molar-refractivity contribution in [3.8, 4) is 0 Å². The maximum absolute atomic E-state index is 11.6. The first kappa shape index (κ1) is 23.1. The standard InChI is InChI=1S/C21H35N5O3S/c1-23-21-12-25-20(9-17(21)10-22)16-5-3-15(4-6-16)13-29-14-18-11-24-8-7-19(18)26-30(2,27)28/h9-10,12,15-16,18-19,22-24,26H,3-8,11,13-14H2,1-2H3/t15?,16?,18-,19-/m0/s1. The van der Waals surface area contributed by atoms with Gasteiger partial charge < -0.3 is 20.8 Å². The monoisotopic (exact) mass is 437 g/mol. The molecule has 0 aromatic carbocycles. The van der Waals surface area contributed by atoms with E-state index in [2.05, 4.69) is 20.3 Å². The van der Waals surface area contributed by atoms with E-state index in [0.29, 0.717) is 18.4 Å². The lowest BCUT2D eigenvalue weighted by Gasteiger charge is -2.33. The lowest BCUT2D eigenvalue weighted by atomic mass is 9.80. The van der Waals surface area contributed by atoms with E-state index in [9.17, 15) is 8.42 Å². The van der Waals surface area contributed by atoms with Crippen LogP contribution < -0.4 is 15.4 Å². The first-order valence-electron chi connectivity index (χ1n) is 10.8. The van der Waals surface area contributed by atoms with Gasteiger partial charge in [-0.05, 0) is 50.6 Å². The molecule has 1 aromatic rings. The second-order valence-corrected chi connectivity index (χ2v) is 10.4. The minimum atomic E-state index is -3.20. The molecule has 0 unspecified atom stereocenters. The number of pyridine rings is 1. The highest BCUT2D eigenvalue weighted by Gasteiger charge is 2.28. The average molecular weight is 438 g/mol. The number of hydrogen-bond donors (Lipinski definition) is 4. The zero-order chi connectivity index (χ0) is 21.6. The Kier molecular flexibility index (Phi) is 8.21. The predicted molar refractivity (Wildman–Crippen MR) is 120 cm³/mol. The van der Waals surface area contributed by atoms with Gasteiger partial charge in [-0.1, -0.05) is 0 Å². The van der Waals surface area contributed by atoms with Crippen molar-refractivity contribution < 1.29 is 13.2 Å². The Bertz CT molecular complexity index is 809. The largest absolute Gasteiger partial charge is 0.386 e. The second-order valence-electron chi connectivity index (χ2n) is 8.60. The van der Waals surface area contributed by atoms with Crippen LogP contribution in [0.25, 0.3) is 0 Å². The molecule has 1 saturated carbocycles. The van der Waals surface area contributed by atoms with Gasteiger partial charge in [0.2, 0.25) is 10.0 Å². The third-order valence-corrected chi connectivity index (χ3v) is 7.04. The molecule has 168 valence electrons. The molecule has 1 saturated heterocycles. The maximum Gasteiger partial charge on any atom is 0.208 e. The summed E-state index contributed by atoms with van der Waals surface area (Å²) in [7, 11) is -1.36. The number of nitrogens with zero attached hydrogens (tertiary/aromatic N) is 1. The molecule has 4 N–H and O–H groups in total. The number of nitrogens with one attached hydrogen (secondary N) is 4. The Balaban J connectivity index is 1.44. The maximum atomic E-state index is 11.6. The van der Waals surface area contributed by atoms with Crippen LogP contribution in [0.2, 0.25) is 0 Å². The van der Waals surface area contributed by atoms with Crippen LogP contribution in [-0.2, 0) is 14.8 Å². The lowest BCUT2D eigenvalue weighted by Crippen LogP contribution is -2.50. The summed E-state index contributed by atoms with van der Waals surface area (Å²) in [5, 5.41) is 14.0. The molecule has 1 aromatic heterocycles. The van der Waals surface area contributed by atoms with Crippen LogP contribution in [0, 0.1) is 17.2 Å². The van der Waals surface area contributed by atoms with Crippen molar-refractivity contribution in [2.24, 2.45) is 11.8 Å². The summed E-state index contributed by atoms with van der Waals surface area (Å²) in [5.74, 6) is 1.15. The Morgan fingerprint density at radius 3 is 2.70 bits per heavy atom. The summed E-state index contributed by atoms with van der Waals surface area (Å²) in [5.41, 5.74) is 2.85. The van der Waals surface area contributed by atoms with Gasteiger partial charge >= 0.3 is 0 Å². The van der Waals surface area contributed by atoms with E-state index < -0.39 is 10.0 Å². The van der Waals surface area contributed by atoms with Gasteiger partial charge in [-0.3, -0.25) is 4.98 Å². The summed E-state index contributed by atoms with van der Waals surface area (Å²) in [6, 6.07) is 1.98. The molecular formula is C21H35N5O3S. The molecule has 0 amide bonds. The third kappa shape index (κ3) is 6.47. The smallest absolute Gasteiger partial charge is 0.208 e.